The first-order valence-electron chi connectivity index (χ1n) is 7.22. The number of hydrogen-bond donors (Lipinski definition) is 1. The number of benzene rings is 1. The highest BCUT2D eigenvalue weighted by molar-refractivity contribution is 5.91. The van der Waals surface area contributed by atoms with Gasteiger partial charge in [0, 0.05) is 18.1 Å². The first kappa shape index (κ1) is 14.8. The van der Waals surface area contributed by atoms with Crippen molar-refractivity contribution in [3.8, 4) is 11.6 Å². The van der Waals surface area contributed by atoms with Crippen molar-refractivity contribution in [3.05, 3.63) is 54.3 Å². The molecule has 116 valence electrons. The average Bonchev–Trinajstić information content (AvgIpc) is 3.04. The Bertz CT molecular complexity index is 784. The van der Waals surface area contributed by atoms with Crippen LogP contribution in [0.5, 0.6) is 0 Å². The van der Waals surface area contributed by atoms with Gasteiger partial charge in [0.2, 0.25) is 11.8 Å². The van der Waals surface area contributed by atoms with Gasteiger partial charge in [-0.1, -0.05) is 19.1 Å². The Hall–Kier alpha value is -3.09. The molecule has 3 rings (SSSR count). The van der Waals surface area contributed by atoms with Crippen LogP contribution < -0.4 is 5.32 Å². The summed E-state index contributed by atoms with van der Waals surface area (Å²) in [5.41, 5.74) is 2.43. The molecule has 0 unspecified atom stereocenters. The SMILES string of the molecule is CCc1ccc(NC(=O)Cc2nnc(-c3cnccn3)o2)cc1. The van der Waals surface area contributed by atoms with E-state index in [2.05, 4.69) is 32.4 Å². The van der Waals surface area contributed by atoms with Crippen LogP contribution in [0.25, 0.3) is 11.6 Å². The smallest absolute Gasteiger partial charge is 0.267 e. The molecule has 0 aliphatic carbocycles. The highest BCUT2D eigenvalue weighted by Gasteiger charge is 2.13. The van der Waals surface area contributed by atoms with Gasteiger partial charge in [0.25, 0.3) is 5.89 Å². The lowest BCUT2D eigenvalue weighted by molar-refractivity contribution is -0.115. The molecule has 1 amide bonds. The Morgan fingerprint density at radius 3 is 2.70 bits per heavy atom. The van der Waals surface area contributed by atoms with E-state index in [0.717, 1.165) is 12.1 Å². The number of aryl methyl sites for hydroxylation is 1. The van der Waals surface area contributed by atoms with Gasteiger partial charge in [0.15, 0.2) is 0 Å². The molecule has 3 aromatic rings. The average molecular weight is 309 g/mol. The summed E-state index contributed by atoms with van der Waals surface area (Å²) < 4.78 is 5.43. The summed E-state index contributed by atoms with van der Waals surface area (Å²) in [6.07, 6.45) is 5.57. The Kier molecular flexibility index (Phi) is 4.37. The first-order chi connectivity index (χ1) is 11.2. The Morgan fingerprint density at radius 2 is 2.00 bits per heavy atom. The lowest BCUT2D eigenvalue weighted by Gasteiger charge is -2.04. The number of nitrogens with zero attached hydrogens (tertiary/aromatic N) is 4. The van der Waals surface area contributed by atoms with Gasteiger partial charge in [-0.2, -0.15) is 0 Å². The molecule has 2 heterocycles. The lowest BCUT2D eigenvalue weighted by atomic mass is 10.1. The van der Waals surface area contributed by atoms with E-state index in [1.807, 2.05) is 24.3 Å². The third-order valence-corrected chi connectivity index (χ3v) is 3.21. The van der Waals surface area contributed by atoms with Gasteiger partial charge in [0.1, 0.15) is 12.1 Å². The normalized spacial score (nSPS) is 10.5. The minimum Gasteiger partial charge on any atom is -0.419 e. The van der Waals surface area contributed by atoms with Crippen LogP contribution in [0.4, 0.5) is 5.69 Å². The fraction of sp³-hybridized carbons (Fsp3) is 0.188. The number of amides is 1. The van der Waals surface area contributed by atoms with Gasteiger partial charge < -0.3 is 9.73 Å². The maximum absolute atomic E-state index is 12.0. The van der Waals surface area contributed by atoms with Crippen molar-refractivity contribution >= 4 is 11.6 Å². The van der Waals surface area contributed by atoms with Gasteiger partial charge >= 0.3 is 0 Å². The third-order valence-electron chi connectivity index (χ3n) is 3.21. The zero-order chi connectivity index (χ0) is 16.1. The lowest BCUT2D eigenvalue weighted by Crippen LogP contribution is -2.14. The molecule has 0 radical (unpaired) electrons. The van der Waals surface area contributed by atoms with Gasteiger partial charge in [0.05, 0.1) is 6.20 Å². The Labute approximate surface area is 132 Å². The molecule has 7 nitrogen and oxygen atoms in total. The zero-order valence-corrected chi connectivity index (χ0v) is 12.6. The minimum absolute atomic E-state index is 0.00277. The number of aromatic nitrogens is 4. The number of hydrogen-bond acceptors (Lipinski definition) is 6. The van der Waals surface area contributed by atoms with Crippen LogP contribution in [0.3, 0.4) is 0 Å². The molecule has 23 heavy (non-hydrogen) atoms. The van der Waals surface area contributed by atoms with E-state index < -0.39 is 0 Å². The zero-order valence-electron chi connectivity index (χ0n) is 12.6. The van der Waals surface area contributed by atoms with Crippen LogP contribution in [0.1, 0.15) is 18.4 Å². The summed E-state index contributed by atoms with van der Waals surface area (Å²) in [5.74, 6) is 0.255. The second-order valence-corrected chi connectivity index (χ2v) is 4.87. The highest BCUT2D eigenvalue weighted by atomic mass is 16.4. The van der Waals surface area contributed by atoms with Crippen molar-refractivity contribution in [2.45, 2.75) is 19.8 Å². The van der Waals surface area contributed by atoms with Crippen molar-refractivity contribution in [1.29, 1.82) is 0 Å². The molecule has 0 fully saturated rings. The maximum atomic E-state index is 12.0. The summed E-state index contributed by atoms with van der Waals surface area (Å²) >= 11 is 0. The molecular weight excluding hydrogens is 294 g/mol. The van der Waals surface area contributed by atoms with Gasteiger partial charge in [-0.3, -0.25) is 9.78 Å². The number of rotatable bonds is 5. The van der Waals surface area contributed by atoms with E-state index in [1.165, 1.54) is 18.0 Å². The van der Waals surface area contributed by atoms with Crippen LogP contribution in [-0.4, -0.2) is 26.1 Å². The van der Waals surface area contributed by atoms with Crippen LogP contribution in [0, 0.1) is 0 Å². The summed E-state index contributed by atoms with van der Waals surface area (Å²) in [6, 6.07) is 7.70. The molecule has 0 saturated carbocycles. The fourth-order valence-corrected chi connectivity index (χ4v) is 2.00. The van der Waals surface area contributed by atoms with Crippen molar-refractivity contribution < 1.29 is 9.21 Å². The molecule has 0 spiro atoms. The van der Waals surface area contributed by atoms with Crippen molar-refractivity contribution in [3.63, 3.8) is 0 Å². The number of carbonyl (C=O) groups excluding carboxylic acids is 1. The summed E-state index contributed by atoms with van der Waals surface area (Å²) in [6.45, 7) is 2.08. The van der Waals surface area contributed by atoms with E-state index in [9.17, 15) is 4.79 Å². The van der Waals surface area contributed by atoms with Gasteiger partial charge in [-0.25, -0.2) is 4.98 Å². The molecule has 0 aliphatic rings. The molecular formula is C16H15N5O2. The topological polar surface area (TPSA) is 93.8 Å². The number of carbonyl (C=O) groups is 1. The minimum atomic E-state index is -0.219. The Morgan fingerprint density at radius 1 is 1.17 bits per heavy atom. The van der Waals surface area contributed by atoms with E-state index in [1.54, 1.807) is 6.20 Å². The molecule has 0 bridgehead atoms. The predicted octanol–water partition coefficient (Wildman–Crippen LogP) is 2.27. The van der Waals surface area contributed by atoms with Crippen LogP contribution in [-0.2, 0) is 17.6 Å². The molecule has 1 aromatic carbocycles. The molecule has 2 aromatic heterocycles. The summed E-state index contributed by atoms with van der Waals surface area (Å²) in [5, 5.41) is 10.5. The molecule has 1 N–H and O–H groups in total. The van der Waals surface area contributed by atoms with Crippen LogP contribution in [0.2, 0.25) is 0 Å². The second-order valence-electron chi connectivity index (χ2n) is 4.87. The van der Waals surface area contributed by atoms with E-state index in [4.69, 9.17) is 4.42 Å². The fourth-order valence-electron chi connectivity index (χ4n) is 2.00. The monoisotopic (exact) mass is 309 g/mol. The summed E-state index contributed by atoms with van der Waals surface area (Å²) in [7, 11) is 0. The van der Waals surface area contributed by atoms with Gasteiger partial charge in [-0.05, 0) is 24.1 Å². The Balaban J connectivity index is 1.63. The standard InChI is InChI=1S/C16H15N5O2/c1-2-11-3-5-12(6-4-11)19-14(22)9-15-20-21-16(23-15)13-10-17-7-8-18-13/h3-8,10H,2,9H2,1H3,(H,19,22). The maximum Gasteiger partial charge on any atom is 0.267 e. The van der Waals surface area contributed by atoms with Crippen molar-refractivity contribution in [2.24, 2.45) is 0 Å². The first-order valence-corrected chi connectivity index (χ1v) is 7.22. The largest absolute Gasteiger partial charge is 0.419 e. The van der Waals surface area contributed by atoms with Crippen molar-refractivity contribution in [2.75, 3.05) is 5.32 Å². The van der Waals surface area contributed by atoms with E-state index in [0.29, 0.717) is 5.69 Å². The molecule has 0 atom stereocenters. The molecule has 0 aliphatic heterocycles. The second kappa shape index (κ2) is 6.78. The number of anilines is 1. The summed E-state index contributed by atoms with van der Waals surface area (Å²) in [4.78, 5) is 20.0. The third kappa shape index (κ3) is 3.76. The molecule has 7 heteroatoms. The van der Waals surface area contributed by atoms with E-state index >= 15 is 0 Å². The van der Waals surface area contributed by atoms with Crippen LogP contribution in [0.15, 0.2) is 47.3 Å². The quantitative estimate of drug-likeness (QED) is 0.777. The highest BCUT2D eigenvalue weighted by Crippen LogP contribution is 2.14. The number of nitrogens with one attached hydrogen (secondary N) is 1. The van der Waals surface area contributed by atoms with E-state index in [-0.39, 0.29) is 24.1 Å². The van der Waals surface area contributed by atoms with Crippen LogP contribution >= 0.6 is 0 Å². The van der Waals surface area contributed by atoms with Crippen molar-refractivity contribution in [1.82, 2.24) is 20.2 Å². The molecule has 0 saturated heterocycles. The predicted molar refractivity (Wildman–Crippen MR) is 83.5 cm³/mol. The van der Waals surface area contributed by atoms with Gasteiger partial charge in [-0.15, -0.1) is 10.2 Å².